The van der Waals surface area contributed by atoms with Gasteiger partial charge in [0.2, 0.25) is 0 Å². The molecule has 16 heavy (non-hydrogen) atoms. The van der Waals surface area contributed by atoms with Crippen LogP contribution in [-0.4, -0.2) is 44.7 Å². The van der Waals surface area contributed by atoms with E-state index in [9.17, 15) is 9.59 Å². The maximum absolute atomic E-state index is 11.2. The van der Waals surface area contributed by atoms with E-state index in [4.69, 9.17) is 18.9 Å². The molecule has 0 atom stereocenters. The summed E-state index contributed by atoms with van der Waals surface area (Å²) >= 11 is 0. The van der Waals surface area contributed by atoms with Gasteiger partial charge >= 0.3 is 11.9 Å². The lowest BCUT2D eigenvalue weighted by atomic mass is 10.4. The number of rotatable bonds is 4. The lowest BCUT2D eigenvalue weighted by Crippen LogP contribution is -2.36. The van der Waals surface area contributed by atoms with Crippen molar-refractivity contribution in [3.63, 3.8) is 0 Å². The molecule has 0 bridgehead atoms. The van der Waals surface area contributed by atoms with Crippen molar-refractivity contribution < 1.29 is 28.5 Å². The highest BCUT2D eigenvalue weighted by molar-refractivity contribution is 6.29. The molecule has 0 aliphatic carbocycles. The van der Waals surface area contributed by atoms with E-state index in [0.29, 0.717) is 0 Å². The first-order valence-electron chi connectivity index (χ1n) is 5.27. The standard InChI is InChI=1S/C10H16O6/c1-2-3-4-15-9(11)10(12)16-8-5-13-7-14-6-8/h8H,2-7H2,1H3. The molecular weight excluding hydrogens is 216 g/mol. The van der Waals surface area contributed by atoms with Gasteiger partial charge < -0.3 is 18.9 Å². The smallest absolute Gasteiger partial charge is 0.417 e. The van der Waals surface area contributed by atoms with Gasteiger partial charge in [0.1, 0.15) is 12.9 Å². The minimum absolute atomic E-state index is 0.189. The number of hydrogen-bond donors (Lipinski definition) is 0. The van der Waals surface area contributed by atoms with E-state index < -0.39 is 18.0 Å². The number of unbranched alkanes of at least 4 members (excludes halogenated alkanes) is 1. The van der Waals surface area contributed by atoms with Gasteiger partial charge in [-0.1, -0.05) is 13.3 Å². The summed E-state index contributed by atoms with van der Waals surface area (Å²) in [5.74, 6) is -1.95. The van der Waals surface area contributed by atoms with E-state index in [-0.39, 0.29) is 26.6 Å². The number of carbonyl (C=O) groups excluding carboxylic acids is 2. The summed E-state index contributed by atoms with van der Waals surface area (Å²) in [5.41, 5.74) is 0. The molecule has 0 N–H and O–H groups in total. The third-order valence-corrected chi connectivity index (χ3v) is 1.95. The van der Waals surface area contributed by atoms with Gasteiger partial charge in [-0.2, -0.15) is 0 Å². The first kappa shape index (κ1) is 12.9. The first-order valence-corrected chi connectivity index (χ1v) is 5.27. The average molecular weight is 232 g/mol. The highest BCUT2D eigenvalue weighted by Gasteiger charge is 2.24. The lowest BCUT2D eigenvalue weighted by Gasteiger charge is -2.21. The van der Waals surface area contributed by atoms with Crippen LogP contribution in [-0.2, 0) is 28.5 Å². The highest BCUT2D eigenvalue weighted by atomic mass is 16.7. The predicted octanol–water partition coefficient (Wildman–Crippen LogP) is 0.246. The second-order valence-corrected chi connectivity index (χ2v) is 3.38. The molecule has 1 heterocycles. The Morgan fingerprint density at radius 1 is 1.25 bits per heavy atom. The zero-order valence-corrected chi connectivity index (χ0v) is 9.27. The lowest BCUT2D eigenvalue weighted by molar-refractivity contribution is -0.191. The minimum atomic E-state index is -0.991. The zero-order chi connectivity index (χ0) is 11.8. The van der Waals surface area contributed by atoms with Crippen molar-refractivity contribution in [2.75, 3.05) is 26.6 Å². The molecule has 0 aromatic carbocycles. The maximum Gasteiger partial charge on any atom is 0.417 e. The molecule has 1 fully saturated rings. The van der Waals surface area contributed by atoms with Crippen molar-refractivity contribution in [1.82, 2.24) is 0 Å². The summed E-state index contributed by atoms with van der Waals surface area (Å²) in [6, 6.07) is 0. The van der Waals surface area contributed by atoms with Gasteiger partial charge in [0.05, 0.1) is 19.8 Å². The Kier molecular flexibility index (Phi) is 5.81. The molecule has 0 spiro atoms. The molecule has 0 amide bonds. The van der Waals surface area contributed by atoms with Gasteiger partial charge in [-0.05, 0) is 6.42 Å². The molecule has 0 radical (unpaired) electrons. The van der Waals surface area contributed by atoms with Crippen LogP contribution >= 0.6 is 0 Å². The summed E-state index contributed by atoms with van der Waals surface area (Å²) in [6.07, 6.45) is 1.10. The van der Waals surface area contributed by atoms with E-state index in [2.05, 4.69) is 0 Å². The fraction of sp³-hybridized carbons (Fsp3) is 0.800. The second-order valence-electron chi connectivity index (χ2n) is 3.38. The van der Waals surface area contributed by atoms with Crippen molar-refractivity contribution in [2.45, 2.75) is 25.9 Å². The molecule has 1 saturated heterocycles. The summed E-state index contributed by atoms with van der Waals surface area (Å²) in [7, 11) is 0. The van der Waals surface area contributed by atoms with E-state index in [1.165, 1.54) is 0 Å². The molecule has 0 aromatic rings. The molecule has 6 heteroatoms. The summed E-state index contributed by atoms with van der Waals surface area (Å²) in [5, 5.41) is 0. The second kappa shape index (κ2) is 7.19. The van der Waals surface area contributed by atoms with E-state index in [0.717, 1.165) is 12.8 Å². The van der Waals surface area contributed by atoms with Crippen LogP contribution in [0.2, 0.25) is 0 Å². The topological polar surface area (TPSA) is 71.1 Å². The maximum atomic E-state index is 11.2. The van der Waals surface area contributed by atoms with Crippen LogP contribution in [0.25, 0.3) is 0 Å². The van der Waals surface area contributed by atoms with Gasteiger partial charge in [-0.3, -0.25) is 0 Å². The van der Waals surface area contributed by atoms with Gasteiger partial charge in [0, 0.05) is 0 Å². The Morgan fingerprint density at radius 2 is 1.94 bits per heavy atom. The van der Waals surface area contributed by atoms with E-state index in [1.807, 2.05) is 6.92 Å². The molecule has 0 aromatic heterocycles. The molecular formula is C10H16O6. The summed E-state index contributed by atoms with van der Waals surface area (Å²) in [6.45, 7) is 2.88. The zero-order valence-electron chi connectivity index (χ0n) is 9.27. The van der Waals surface area contributed by atoms with Crippen LogP contribution < -0.4 is 0 Å². The van der Waals surface area contributed by atoms with Gasteiger partial charge in [0.15, 0.2) is 0 Å². The third kappa shape index (κ3) is 4.59. The normalized spacial score (nSPS) is 16.8. The van der Waals surface area contributed by atoms with Crippen LogP contribution in [0, 0.1) is 0 Å². The minimum Gasteiger partial charge on any atom is -0.457 e. The molecule has 1 rings (SSSR count). The Balaban J connectivity index is 2.19. The third-order valence-electron chi connectivity index (χ3n) is 1.95. The van der Waals surface area contributed by atoms with Gasteiger partial charge in [-0.15, -0.1) is 0 Å². The Bertz CT molecular complexity index is 233. The number of ether oxygens (including phenoxy) is 4. The van der Waals surface area contributed by atoms with Crippen LogP contribution in [0.5, 0.6) is 0 Å². The number of esters is 2. The monoisotopic (exact) mass is 232 g/mol. The molecule has 1 aliphatic heterocycles. The van der Waals surface area contributed by atoms with Crippen LogP contribution in [0.3, 0.4) is 0 Å². The van der Waals surface area contributed by atoms with Crippen molar-refractivity contribution in [2.24, 2.45) is 0 Å². The molecule has 0 saturated carbocycles. The highest BCUT2D eigenvalue weighted by Crippen LogP contribution is 2.02. The van der Waals surface area contributed by atoms with Gasteiger partial charge in [0.25, 0.3) is 0 Å². The Labute approximate surface area is 93.8 Å². The first-order chi connectivity index (χ1) is 7.74. The molecule has 0 unspecified atom stereocenters. The van der Waals surface area contributed by atoms with Crippen molar-refractivity contribution in [3.8, 4) is 0 Å². The van der Waals surface area contributed by atoms with Crippen molar-refractivity contribution >= 4 is 11.9 Å². The van der Waals surface area contributed by atoms with Crippen molar-refractivity contribution in [1.29, 1.82) is 0 Å². The summed E-state index contributed by atoms with van der Waals surface area (Å²) < 4.78 is 19.3. The fourth-order valence-corrected chi connectivity index (χ4v) is 1.10. The number of hydrogen-bond acceptors (Lipinski definition) is 6. The largest absolute Gasteiger partial charge is 0.457 e. The number of carbonyl (C=O) groups is 2. The quantitative estimate of drug-likeness (QED) is 0.393. The summed E-state index contributed by atoms with van der Waals surface area (Å²) in [4.78, 5) is 22.3. The SMILES string of the molecule is CCCCOC(=O)C(=O)OC1COCOC1. The average Bonchev–Trinajstić information content (AvgIpc) is 2.30. The van der Waals surface area contributed by atoms with Crippen LogP contribution in [0.4, 0.5) is 0 Å². The van der Waals surface area contributed by atoms with Crippen LogP contribution in [0.15, 0.2) is 0 Å². The van der Waals surface area contributed by atoms with E-state index in [1.54, 1.807) is 0 Å². The molecule has 6 nitrogen and oxygen atoms in total. The van der Waals surface area contributed by atoms with Crippen LogP contribution in [0.1, 0.15) is 19.8 Å². The fourth-order valence-electron chi connectivity index (χ4n) is 1.10. The van der Waals surface area contributed by atoms with Crippen molar-refractivity contribution in [3.05, 3.63) is 0 Å². The van der Waals surface area contributed by atoms with Gasteiger partial charge in [-0.25, -0.2) is 9.59 Å². The Morgan fingerprint density at radius 3 is 2.56 bits per heavy atom. The van der Waals surface area contributed by atoms with E-state index >= 15 is 0 Å². The predicted molar refractivity (Wildman–Crippen MR) is 52.5 cm³/mol. The molecule has 92 valence electrons. The molecule has 1 aliphatic rings. The Hall–Kier alpha value is -1.14.